The molecule has 0 spiro atoms. The van der Waals surface area contributed by atoms with Crippen LogP contribution < -0.4 is 9.75 Å². The lowest BCUT2D eigenvalue weighted by Crippen LogP contribution is -2.46. The molecule has 4 atom stereocenters. The molecular weight excluding hydrogens is 603 g/mol. The number of anilines is 1. The number of Topliss-reactive ketones (excluding diaryl/α,β-unsaturated/α-hetero) is 1. The van der Waals surface area contributed by atoms with Crippen molar-refractivity contribution in [2.75, 3.05) is 19.2 Å². The highest BCUT2D eigenvalue weighted by molar-refractivity contribution is 6.33. The van der Waals surface area contributed by atoms with Crippen molar-refractivity contribution in [3.05, 3.63) is 81.1 Å². The Morgan fingerprint density at radius 1 is 1.09 bits per heavy atom. The van der Waals surface area contributed by atoms with Crippen LogP contribution in [0.15, 0.2) is 64.8 Å². The van der Waals surface area contributed by atoms with Gasteiger partial charge in [-0.1, -0.05) is 29.3 Å². The molecule has 4 aliphatic rings. The Morgan fingerprint density at radius 3 is 2.50 bits per heavy atom. The average molecular weight is 628 g/mol. The first-order valence-corrected chi connectivity index (χ1v) is 14.0. The third-order valence-electron chi connectivity index (χ3n) is 8.82. The Kier molecular flexibility index (Phi) is 6.95. The molecule has 1 aromatic carbocycles. The topological polar surface area (TPSA) is 117 Å². The maximum Gasteiger partial charge on any atom is 0.433 e. The molecule has 13 heteroatoms. The fourth-order valence-corrected chi connectivity index (χ4v) is 7.13. The minimum atomic E-state index is -4.80. The molecule has 1 N–H and O–H groups in total. The Hall–Kier alpha value is -4.45. The highest BCUT2D eigenvalue weighted by Gasteiger charge is 2.58. The number of hydrazine groups is 1. The van der Waals surface area contributed by atoms with Crippen molar-refractivity contribution in [2.24, 2.45) is 17.8 Å². The Balaban J connectivity index is 1.46. The minimum Gasteiger partial charge on any atom is -0.507 e. The standard InChI is InChI=1S/C31H25ClF3N3O6/c1-13-11-20(40)24-17(27(13)41)12-16-14(25(24)26-19(39)5-4-6-21(26)44-3)7-8-15-23(16)30(43)38(29(15)42)37(2)28-18(32)9-10-22(36-28)31(33,34)35/h4-7,9-11,15-16,23,25,39H,8,12H2,1-3H3. The lowest BCUT2D eigenvalue weighted by molar-refractivity contribution is -0.141. The van der Waals surface area contributed by atoms with Gasteiger partial charge in [0.15, 0.2) is 17.4 Å². The second-order valence-electron chi connectivity index (χ2n) is 11.1. The zero-order valence-electron chi connectivity index (χ0n) is 23.6. The number of allylic oxidation sites excluding steroid dienone is 6. The van der Waals surface area contributed by atoms with Crippen molar-refractivity contribution >= 4 is 40.8 Å². The zero-order valence-corrected chi connectivity index (χ0v) is 24.4. The highest BCUT2D eigenvalue weighted by atomic mass is 35.5. The second-order valence-corrected chi connectivity index (χ2v) is 11.5. The van der Waals surface area contributed by atoms with Gasteiger partial charge in [0.2, 0.25) is 0 Å². The molecule has 9 nitrogen and oxygen atoms in total. The van der Waals surface area contributed by atoms with Crippen LogP contribution in [0.1, 0.15) is 36.9 Å². The van der Waals surface area contributed by atoms with Gasteiger partial charge in [-0.3, -0.25) is 24.2 Å². The number of aromatic hydroxyl groups is 1. The highest BCUT2D eigenvalue weighted by Crippen LogP contribution is 2.57. The number of carbonyl (C=O) groups excluding carboxylic acids is 4. The molecule has 4 unspecified atom stereocenters. The van der Waals surface area contributed by atoms with Crippen LogP contribution in [0.2, 0.25) is 5.02 Å². The molecule has 2 heterocycles. The molecule has 1 aliphatic heterocycles. The van der Waals surface area contributed by atoms with Crippen LogP contribution in [-0.4, -0.2) is 52.6 Å². The van der Waals surface area contributed by atoms with Gasteiger partial charge in [-0.15, -0.1) is 0 Å². The van der Waals surface area contributed by atoms with Crippen LogP contribution in [0.3, 0.4) is 0 Å². The zero-order chi connectivity index (χ0) is 31.8. The first kappa shape index (κ1) is 29.6. The second kappa shape index (κ2) is 10.3. The summed E-state index contributed by atoms with van der Waals surface area (Å²) in [6.45, 7) is 1.52. The molecule has 0 bridgehead atoms. The predicted molar refractivity (Wildman–Crippen MR) is 150 cm³/mol. The summed E-state index contributed by atoms with van der Waals surface area (Å²) in [4.78, 5) is 58.3. The third kappa shape index (κ3) is 4.34. The number of hydrogen-bond donors (Lipinski definition) is 1. The van der Waals surface area contributed by atoms with Crippen molar-refractivity contribution in [1.29, 1.82) is 0 Å². The van der Waals surface area contributed by atoms with Gasteiger partial charge in [-0.25, -0.2) is 4.98 Å². The summed E-state index contributed by atoms with van der Waals surface area (Å²) in [6.07, 6.45) is -1.75. The van der Waals surface area contributed by atoms with E-state index in [4.69, 9.17) is 16.3 Å². The number of rotatable bonds is 4. The Bertz CT molecular complexity index is 1760. The van der Waals surface area contributed by atoms with Crippen molar-refractivity contribution in [3.8, 4) is 11.5 Å². The number of alkyl halides is 3. The number of carbonyl (C=O) groups is 4. The summed E-state index contributed by atoms with van der Waals surface area (Å²) >= 11 is 6.18. The van der Waals surface area contributed by atoms with Crippen LogP contribution in [0.4, 0.5) is 19.0 Å². The van der Waals surface area contributed by atoms with Crippen LogP contribution in [0.5, 0.6) is 11.5 Å². The van der Waals surface area contributed by atoms with Crippen LogP contribution in [0, 0.1) is 17.8 Å². The molecule has 1 saturated heterocycles. The van der Waals surface area contributed by atoms with Gasteiger partial charge in [0.25, 0.3) is 11.8 Å². The number of methoxy groups -OCH3 is 1. The summed E-state index contributed by atoms with van der Waals surface area (Å²) in [7, 11) is 2.63. The number of phenolic OH excluding ortho intramolecular Hbond substituents is 1. The number of ketones is 2. The van der Waals surface area contributed by atoms with Gasteiger partial charge in [-0.05, 0) is 56.0 Å². The number of benzene rings is 1. The number of ether oxygens (including phenoxy) is 1. The predicted octanol–water partition coefficient (Wildman–Crippen LogP) is 4.95. The van der Waals surface area contributed by atoms with E-state index in [1.807, 2.05) is 0 Å². The number of fused-ring (bicyclic) bond motifs is 3. The Labute approximate surface area is 254 Å². The molecule has 2 aromatic rings. The quantitative estimate of drug-likeness (QED) is 0.288. The molecule has 0 radical (unpaired) electrons. The summed E-state index contributed by atoms with van der Waals surface area (Å²) in [5.74, 6) is -6.13. The number of aromatic nitrogens is 1. The molecule has 6 rings (SSSR count). The fraction of sp³-hybridized carbons (Fsp3) is 0.323. The molecule has 228 valence electrons. The summed E-state index contributed by atoms with van der Waals surface area (Å²) < 4.78 is 45.8. The molecular formula is C31H25ClF3N3O6. The van der Waals surface area contributed by atoms with E-state index < -0.39 is 59.0 Å². The van der Waals surface area contributed by atoms with E-state index in [1.54, 1.807) is 18.2 Å². The van der Waals surface area contributed by atoms with Crippen molar-refractivity contribution in [2.45, 2.75) is 31.9 Å². The Morgan fingerprint density at radius 2 is 1.82 bits per heavy atom. The van der Waals surface area contributed by atoms with Crippen molar-refractivity contribution < 1.29 is 42.2 Å². The van der Waals surface area contributed by atoms with E-state index in [0.29, 0.717) is 11.6 Å². The number of halogens is 4. The summed E-state index contributed by atoms with van der Waals surface area (Å²) in [5, 5.41) is 12.5. The van der Waals surface area contributed by atoms with Gasteiger partial charge in [0, 0.05) is 35.2 Å². The van der Waals surface area contributed by atoms with E-state index in [-0.39, 0.29) is 57.4 Å². The van der Waals surface area contributed by atoms with Gasteiger partial charge in [0.05, 0.1) is 24.0 Å². The number of amides is 2. The summed E-state index contributed by atoms with van der Waals surface area (Å²) in [5.41, 5.74) is 0.141. The van der Waals surface area contributed by atoms with Crippen LogP contribution in [-0.2, 0) is 25.4 Å². The molecule has 3 aliphatic carbocycles. The number of imide groups is 1. The van der Waals surface area contributed by atoms with E-state index in [1.165, 1.54) is 33.2 Å². The van der Waals surface area contributed by atoms with Gasteiger partial charge in [-0.2, -0.15) is 18.2 Å². The lowest BCUT2D eigenvalue weighted by atomic mass is 9.59. The smallest absolute Gasteiger partial charge is 0.433 e. The first-order chi connectivity index (χ1) is 20.8. The first-order valence-electron chi connectivity index (χ1n) is 13.7. The lowest BCUT2D eigenvalue weighted by Gasteiger charge is -2.42. The van der Waals surface area contributed by atoms with E-state index in [2.05, 4.69) is 4.98 Å². The molecule has 1 aromatic heterocycles. The molecule has 0 saturated carbocycles. The molecule has 2 amide bonds. The maximum atomic E-state index is 14.1. The van der Waals surface area contributed by atoms with Gasteiger partial charge >= 0.3 is 6.18 Å². The van der Waals surface area contributed by atoms with Crippen molar-refractivity contribution in [3.63, 3.8) is 0 Å². The third-order valence-corrected chi connectivity index (χ3v) is 9.11. The monoisotopic (exact) mass is 627 g/mol. The van der Waals surface area contributed by atoms with E-state index in [9.17, 15) is 37.5 Å². The van der Waals surface area contributed by atoms with Crippen LogP contribution in [0.25, 0.3) is 0 Å². The number of phenols is 1. The maximum absolute atomic E-state index is 14.1. The largest absolute Gasteiger partial charge is 0.507 e. The average Bonchev–Trinajstić information content (AvgIpc) is 3.23. The number of nitrogens with zero attached hydrogens (tertiary/aromatic N) is 3. The number of pyridine rings is 1. The molecule has 1 fully saturated rings. The fourth-order valence-electron chi connectivity index (χ4n) is 6.90. The normalized spacial score (nSPS) is 24.9. The van der Waals surface area contributed by atoms with E-state index >= 15 is 0 Å². The van der Waals surface area contributed by atoms with Crippen LogP contribution >= 0.6 is 11.6 Å². The van der Waals surface area contributed by atoms with E-state index in [0.717, 1.165) is 16.1 Å². The summed E-state index contributed by atoms with van der Waals surface area (Å²) in [6, 6.07) is 6.28. The molecule has 44 heavy (non-hydrogen) atoms. The van der Waals surface area contributed by atoms with Crippen molar-refractivity contribution in [1.82, 2.24) is 9.99 Å². The minimum absolute atomic E-state index is 0.0242. The SMILES string of the molecule is COc1cccc(O)c1C1C2=CCC3C(=O)N(N(C)c4nc(C(F)(F)F)ccc4Cl)C(=O)C3C2CC2=C1C(=O)C=C(C)C2=O. The van der Waals surface area contributed by atoms with Gasteiger partial charge in [0.1, 0.15) is 17.2 Å². The number of hydrogen-bond acceptors (Lipinski definition) is 8. The van der Waals surface area contributed by atoms with Gasteiger partial charge < -0.3 is 9.84 Å².